The number of aromatic carboxylic acids is 1. The van der Waals surface area contributed by atoms with E-state index in [0.717, 1.165) is 49.8 Å². The lowest BCUT2D eigenvalue weighted by Gasteiger charge is -2.35. The van der Waals surface area contributed by atoms with Crippen molar-refractivity contribution in [1.82, 2.24) is 9.88 Å². The van der Waals surface area contributed by atoms with Gasteiger partial charge in [-0.3, -0.25) is 4.90 Å². The number of carbonyl (C=O) groups is 1. The largest absolute Gasteiger partial charge is 0.495 e. The van der Waals surface area contributed by atoms with Crippen molar-refractivity contribution in [2.45, 2.75) is 6.54 Å². The Kier molecular flexibility index (Phi) is 6.33. The van der Waals surface area contributed by atoms with E-state index in [9.17, 15) is 9.90 Å². The molecule has 2 N–H and O–H groups in total. The third-order valence-corrected chi connectivity index (χ3v) is 5.41. The zero-order chi connectivity index (χ0) is 21.6. The van der Waals surface area contributed by atoms with Crippen molar-refractivity contribution in [2.24, 2.45) is 0 Å². The van der Waals surface area contributed by atoms with Crippen LogP contribution in [0.5, 0.6) is 5.75 Å². The average molecular weight is 418 g/mol. The number of carboxylic acids is 1. The number of carboxylic acid groups (broad SMARTS) is 1. The number of piperazine rings is 1. The molecule has 0 saturated carbocycles. The maximum absolute atomic E-state index is 11.5. The molecule has 0 radical (unpaired) electrons. The standard InChI is InChI=1S/C24H26N4O3/c1-31-22-10-3-2-9-21(22)26-19-7-4-6-18(16-19)17-27-12-14-28(15-13-27)23-20(24(29)30)8-5-11-25-23/h2-11,16,26H,12-15,17H2,1H3,(H,29,30). The van der Waals surface area contributed by atoms with Gasteiger partial charge < -0.3 is 20.1 Å². The van der Waals surface area contributed by atoms with Crippen molar-refractivity contribution in [2.75, 3.05) is 43.5 Å². The van der Waals surface area contributed by atoms with Gasteiger partial charge in [0.15, 0.2) is 0 Å². The summed E-state index contributed by atoms with van der Waals surface area (Å²) in [5.74, 6) is 0.418. The molecule has 1 aromatic heterocycles. The van der Waals surface area contributed by atoms with Gasteiger partial charge in [0.1, 0.15) is 17.1 Å². The predicted octanol–water partition coefficient (Wildman–Crippen LogP) is 3.85. The van der Waals surface area contributed by atoms with Crippen molar-refractivity contribution in [3.05, 3.63) is 78.0 Å². The van der Waals surface area contributed by atoms with Gasteiger partial charge in [-0.1, -0.05) is 24.3 Å². The number of hydrogen-bond donors (Lipinski definition) is 2. The minimum Gasteiger partial charge on any atom is -0.495 e. The summed E-state index contributed by atoms with van der Waals surface area (Å²) >= 11 is 0. The van der Waals surface area contributed by atoms with Crippen LogP contribution in [-0.4, -0.2) is 54.2 Å². The zero-order valence-electron chi connectivity index (χ0n) is 17.5. The van der Waals surface area contributed by atoms with E-state index in [2.05, 4.69) is 38.3 Å². The molecule has 160 valence electrons. The molecule has 2 aromatic carbocycles. The molecule has 1 fully saturated rings. The van der Waals surface area contributed by atoms with E-state index in [1.54, 1.807) is 25.4 Å². The van der Waals surface area contributed by atoms with Gasteiger partial charge in [-0.25, -0.2) is 9.78 Å². The quantitative estimate of drug-likeness (QED) is 0.603. The van der Waals surface area contributed by atoms with Crippen molar-refractivity contribution in [3.8, 4) is 5.75 Å². The Balaban J connectivity index is 1.38. The molecular weight excluding hydrogens is 392 g/mol. The molecule has 0 aliphatic carbocycles. The Morgan fingerprint density at radius 1 is 1.06 bits per heavy atom. The van der Waals surface area contributed by atoms with Gasteiger partial charge in [-0.05, 0) is 42.0 Å². The Morgan fingerprint density at radius 2 is 1.87 bits per heavy atom. The fourth-order valence-electron chi connectivity index (χ4n) is 3.84. The van der Waals surface area contributed by atoms with Crippen LogP contribution in [0.3, 0.4) is 0 Å². The molecular formula is C24H26N4O3. The van der Waals surface area contributed by atoms with Crippen LogP contribution in [0.4, 0.5) is 17.2 Å². The number of para-hydroxylation sites is 2. The smallest absolute Gasteiger partial charge is 0.339 e. The van der Waals surface area contributed by atoms with Crippen LogP contribution in [0.2, 0.25) is 0 Å². The molecule has 7 heteroatoms. The second-order valence-electron chi connectivity index (χ2n) is 7.47. The van der Waals surface area contributed by atoms with Crippen LogP contribution in [0.25, 0.3) is 0 Å². The highest BCUT2D eigenvalue weighted by atomic mass is 16.5. The number of pyridine rings is 1. The Hall–Kier alpha value is -3.58. The lowest BCUT2D eigenvalue weighted by molar-refractivity contribution is 0.0697. The number of hydrogen-bond acceptors (Lipinski definition) is 6. The van der Waals surface area contributed by atoms with Gasteiger partial charge in [0.25, 0.3) is 0 Å². The molecule has 1 aliphatic rings. The number of benzene rings is 2. The topological polar surface area (TPSA) is 77.9 Å². The highest BCUT2D eigenvalue weighted by molar-refractivity contribution is 5.93. The minimum absolute atomic E-state index is 0.256. The number of aromatic nitrogens is 1. The monoisotopic (exact) mass is 418 g/mol. The Bertz CT molecular complexity index is 1050. The van der Waals surface area contributed by atoms with Crippen molar-refractivity contribution in [3.63, 3.8) is 0 Å². The fraction of sp³-hybridized carbons (Fsp3) is 0.250. The third kappa shape index (κ3) is 4.95. The van der Waals surface area contributed by atoms with Crippen molar-refractivity contribution in [1.29, 1.82) is 0 Å². The lowest BCUT2D eigenvalue weighted by atomic mass is 10.1. The molecule has 3 aromatic rings. The van der Waals surface area contributed by atoms with Gasteiger partial charge in [-0.2, -0.15) is 0 Å². The van der Waals surface area contributed by atoms with Gasteiger partial charge in [-0.15, -0.1) is 0 Å². The van der Waals surface area contributed by atoms with E-state index in [1.807, 2.05) is 30.3 Å². The normalized spacial score (nSPS) is 14.3. The number of ether oxygens (including phenoxy) is 1. The molecule has 1 saturated heterocycles. The first-order chi connectivity index (χ1) is 15.1. The number of methoxy groups -OCH3 is 1. The van der Waals surface area contributed by atoms with E-state index in [-0.39, 0.29) is 5.56 Å². The molecule has 0 spiro atoms. The maximum atomic E-state index is 11.5. The summed E-state index contributed by atoms with van der Waals surface area (Å²) in [5, 5.41) is 12.8. The Labute approximate surface area is 181 Å². The van der Waals surface area contributed by atoms with E-state index in [0.29, 0.717) is 5.82 Å². The van der Waals surface area contributed by atoms with E-state index >= 15 is 0 Å². The van der Waals surface area contributed by atoms with Gasteiger partial charge >= 0.3 is 5.97 Å². The minimum atomic E-state index is -0.940. The van der Waals surface area contributed by atoms with Gasteiger partial charge in [0.2, 0.25) is 0 Å². The molecule has 0 bridgehead atoms. The van der Waals surface area contributed by atoms with Crippen LogP contribution < -0.4 is 15.0 Å². The van der Waals surface area contributed by atoms with Crippen LogP contribution >= 0.6 is 0 Å². The maximum Gasteiger partial charge on any atom is 0.339 e. The summed E-state index contributed by atoms with van der Waals surface area (Å²) < 4.78 is 5.42. The molecule has 1 aliphatic heterocycles. The molecule has 2 heterocycles. The zero-order valence-corrected chi connectivity index (χ0v) is 17.5. The molecule has 0 unspecified atom stereocenters. The first-order valence-electron chi connectivity index (χ1n) is 10.3. The molecule has 0 amide bonds. The second-order valence-corrected chi connectivity index (χ2v) is 7.47. The van der Waals surface area contributed by atoms with Crippen LogP contribution in [0.15, 0.2) is 66.9 Å². The molecule has 0 atom stereocenters. The number of nitrogens with one attached hydrogen (secondary N) is 1. The molecule has 31 heavy (non-hydrogen) atoms. The number of nitrogens with zero attached hydrogens (tertiary/aromatic N) is 3. The first kappa shape index (κ1) is 20.7. The third-order valence-electron chi connectivity index (χ3n) is 5.41. The van der Waals surface area contributed by atoms with Crippen LogP contribution in [0.1, 0.15) is 15.9 Å². The second kappa shape index (κ2) is 9.49. The van der Waals surface area contributed by atoms with Crippen molar-refractivity contribution < 1.29 is 14.6 Å². The average Bonchev–Trinajstić information content (AvgIpc) is 2.80. The molecule has 4 rings (SSSR count). The van der Waals surface area contributed by atoms with E-state index in [4.69, 9.17) is 4.74 Å². The summed E-state index contributed by atoms with van der Waals surface area (Å²) in [5.41, 5.74) is 3.42. The Morgan fingerprint density at radius 3 is 2.65 bits per heavy atom. The molecule has 7 nitrogen and oxygen atoms in total. The number of rotatable bonds is 7. The summed E-state index contributed by atoms with van der Waals surface area (Å²) in [4.78, 5) is 20.2. The number of anilines is 3. The first-order valence-corrected chi connectivity index (χ1v) is 10.3. The van der Waals surface area contributed by atoms with Crippen LogP contribution in [-0.2, 0) is 6.54 Å². The fourth-order valence-corrected chi connectivity index (χ4v) is 3.84. The summed E-state index contributed by atoms with van der Waals surface area (Å²) in [6, 6.07) is 19.5. The lowest BCUT2D eigenvalue weighted by Crippen LogP contribution is -2.46. The van der Waals surface area contributed by atoms with E-state index in [1.165, 1.54) is 5.56 Å². The highest BCUT2D eigenvalue weighted by Crippen LogP contribution is 2.27. The predicted molar refractivity (Wildman–Crippen MR) is 121 cm³/mol. The van der Waals surface area contributed by atoms with E-state index < -0.39 is 5.97 Å². The summed E-state index contributed by atoms with van der Waals surface area (Å²) in [6.45, 7) is 4.02. The summed E-state index contributed by atoms with van der Waals surface area (Å²) in [7, 11) is 1.67. The SMILES string of the molecule is COc1ccccc1Nc1cccc(CN2CCN(c3ncccc3C(=O)O)CC2)c1. The van der Waals surface area contributed by atoms with Crippen LogP contribution in [0, 0.1) is 0 Å². The highest BCUT2D eigenvalue weighted by Gasteiger charge is 2.22. The summed E-state index contributed by atoms with van der Waals surface area (Å²) in [6.07, 6.45) is 1.65. The van der Waals surface area contributed by atoms with Gasteiger partial charge in [0, 0.05) is 44.6 Å². The van der Waals surface area contributed by atoms with Gasteiger partial charge in [0.05, 0.1) is 12.8 Å². The van der Waals surface area contributed by atoms with Crippen molar-refractivity contribution >= 4 is 23.2 Å².